The molecule has 1 aromatic rings. The van der Waals surface area contributed by atoms with Gasteiger partial charge in [0.2, 0.25) is 0 Å². The minimum absolute atomic E-state index is 0.0457. The number of rotatable bonds is 3. The smallest absolute Gasteiger partial charge is 0.139 e. The van der Waals surface area contributed by atoms with Crippen LogP contribution in [-0.2, 0) is 17.9 Å². The van der Waals surface area contributed by atoms with Crippen molar-refractivity contribution in [2.45, 2.75) is 20.0 Å². The molecule has 0 saturated carbocycles. The molecule has 0 aliphatic heterocycles. The lowest BCUT2D eigenvalue weighted by molar-refractivity contribution is 0.122. The van der Waals surface area contributed by atoms with Crippen LogP contribution in [0.3, 0.4) is 0 Å². The van der Waals surface area contributed by atoms with E-state index < -0.39 is 0 Å². The zero-order valence-corrected chi connectivity index (χ0v) is 8.14. The quantitative estimate of drug-likeness (QED) is 0.736. The van der Waals surface area contributed by atoms with Gasteiger partial charge >= 0.3 is 0 Å². The number of phenolic OH excluding ortho intramolecular Hbond substituents is 1. The number of phenols is 1. The van der Waals surface area contributed by atoms with Gasteiger partial charge in [0.25, 0.3) is 0 Å². The first kappa shape index (κ1) is 10.3. The Morgan fingerprint density at radius 2 is 2.23 bits per heavy atom. The molecule has 0 fully saturated rings. The van der Waals surface area contributed by atoms with Crippen molar-refractivity contribution in [3.05, 3.63) is 28.3 Å². The summed E-state index contributed by atoms with van der Waals surface area (Å²) in [7, 11) is 0. The maximum Gasteiger partial charge on any atom is 0.139 e. The van der Waals surface area contributed by atoms with Gasteiger partial charge in [-0.05, 0) is 24.1 Å². The third-order valence-corrected chi connectivity index (χ3v) is 2.14. The standard InChI is InChI=1S/C9H12ClNO2/c1-2-6-3-7(5-13-11)9(12)8(10)4-6/h3-4,12H,2,5,11H2,1H3. The normalized spacial score (nSPS) is 10.4. The first-order chi connectivity index (χ1) is 6.19. The van der Waals surface area contributed by atoms with Gasteiger partial charge < -0.3 is 5.11 Å². The number of benzene rings is 1. The van der Waals surface area contributed by atoms with Crippen LogP contribution in [0.1, 0.15) is 18.1 Å². The van der Waals surface area contributed by atoms with E-state index in [1.165, 1.54) is 0 Å². The summed E-state index contributed by atoms with van der Waals surface area (Å²) < 4.78 is 0. The molecule has 1 aromatic carbocycles. The zero-order valence-electron chi connectivity index (χ0n) is 7.38. The van der Waals surface area contributed by atoms with Gasteiger partial charge in [-0.1, -0.05) is 18.5 Å². The Bertz CT molecular complexity index is 302. The van der Waals surface area contributed by atoms with Crippen molar-refractivity contribution in [1.82, 2.24) is 0 Å². The van der Waals surface area contributed by atoms with Crippen LogP contribution < -0.4 is 5.90 Å². The minimum Gasteiger partial charge on any atom is -0.506 e. The van der Waals surface area contributed by atoms with Gasteiger partial charge in [-0.25, -0.2) is 5.90 Å². The summed E-state index contributed by atoms with van der Waals surface area (Å²) in [5, 5.41) is 9.82. The number of halogens is 1. The lowest BCUT2D eigenvalue weighted by Crippen LogP contribution is -2.00. The molecule has 0 aromatic heterocycles. The van der Waals surface area contributed by atoms with Crippen molar-refractivity contribution >= 4 is 11.6 Å². The van der Waals surface area contributed by atoms with E-state index in [2.05, 4.69) is 4.84 Å². The largest absolute Gasteiger partial charge is 0.506 e. The lowest BCUT2D eigenvalue weighted by Gasteiger charge is -2.07. The van der Waals surface area contributed by atoms with Gasteiger partial charge in [-0.3, -0.25) is 4.84 Å². The molecule has 0 atom stereocenters. The molecule has 0 amide bonds. The first-order valence-electron chi connectivity index (χ1n) is 4.01. The monoisotopic (exact) mass is 201 g/mol. The molecule has 0 radical (unpaired) electrons. The molecule has 0 aliphatic carbocycles. The Balaban J connectivity index is 3.09. The molecule has 0 bridgehead atoms. The molecule has 0 spiro atoms. The third kappa shape index (κ3) is 2.34. The average molecular weight is 202 g/mol. The highest BCUT2D eigenvalue weighted by molar-refractivity contribution is 6.32. The molecule has 1 rings (SSSR count). The van der Waals surface area contributed by atoms with Gasteiger partial charge in [0.05, 0.1) is 11.6 Å². The Labute approximate surface area is 82.0 Å². The fourth-order valence-corrected chi connectivity index (χ4v) is 1.38. The molecule has 0 saturated heterocycles. The molecular formula is C9H12ClNO2. The third-order valence-electron chi connectivity index (χ3n) is 1.85. The second-order valence-corrected chi connectivity index (χ2v) is 3.16. The summed E-state index contributed by atoms with van der Waals surface area (Å²) in [6.07, 6.45) is 0.859. The van der Waals surface area contributed by atoms with E-state index in [1.807, 2.05) is 13.0 Å². The maximum absolute atomic E-state index is 9.48. The minimum atomic E-state index is 0.0457. The van der Waals surface area contributed by atoms with Crippen molar-refractivity contribution in [1.29, 1.82) is 0 Å². The fourth-order valence-electron chi connectivity index (χ4n) is 1.12. The van der Waals surface area contributed by atoms with E-state index in [0.29, 0.717) is 10.6 Å². The van der Waals surface area contributed by atoms with E-state index in [-0.39, 0.29) is 12.4 Å². The Kier molecular flexibility index (Phi) is 3.54. The van der Waals surface area contributed by atoms with E-state index in [1.54, 1.807) is 6.07 Å². The molecular weight excluding hydrogens is 190 g/mol. The Morgan fingerprint density at radius 3 is 2.77 bits per heavy atom. The van der Waals surface area contributed by atoms with Gasteiger partial charge in [0.15, 0.2) is 0 Å². The van der Waals surface area contributed by atoms with Crippen molar-refractivity contribution < 1.29 is 9.94 Å². The molecule has 13 heavy (non-hydrogen) atoms. The van der Waals surface area contributed by atoms with Gasteiger partial charge in [-0.2, -0.15) is 0 Å². The second-order valence-electron chi connectivity index (χ2n) is 2.75. The fraction of sp³-hybridized carbons (Fsp3) is 0.333. The number of aromatic hydroxyl groups is 1. The summed E-state index contributed by atoms with van der Waals surface area (Å²) >= 11 is 5.79. The number of hydrogen-bond donors (Lipinski definition) is 2. The van der Waals surface area contributed by atoms with Crippen LogP contribution in [0.25, 0.3) is 0 Å². The predicted molar refractivity (Wildman–Crippen MR) is 51.5 cm³/mol. The highest BCUT2D eigenvalue weighted by Crippen LogP contribution is 2.29. The van der Waals surface area contributed by atoms with Crippen LogP contribution in [0, 0.1) is 0 Å². The lowest BCUT2D eigenvalue weighted by atomic mass is 10.1. The molecule has 3 nitrogen and oxygen atoms in total. The van der Waals surface area contributed by atoms with E-state index >= 15 is 0 Å². The van der Waals surface area contributed by atoms with Crippen LogP contribution in [-0.4, -0.2) is 5.11 Å². The van der Waals surface area contributed by atoms with Gasteiger partial charge in [-0.15, -0.1) is 0 Å². The van der Waals surface area contributed by atoms with Crippen LogP contribution in [0.15, 0.2) is 12.1 Å². The number of hydrogen-bond acceptors (Lipinski definition) is 3. The number of aryl methyl sites for hydroxylation is 1. The van der Waals surface area contributed by atoms with Crippen molar-refractivity contribution in [2.24, 2.45) is 5.90 Å². The predicted octanol–water partition coefficient (Wildman–Crippen LogP) is 2.00. The molecule has 72 valence electrons. The highest BCUT2D eigenvalue weighted by atomic mass is 35.5. The van der Waals surface area contributed by atoms with Crippen LogP contribution in [0.5, 0.6) is 5.75 Å². The SMILES string of the molecule is CCc1cc(Cl)c(O)c(CON)c1. The number of nitrogens with two attached hydrogens (primary N) is 1. The molecule has 3 N–H and O–H groups in total. The summed E-state index contributed by atoms with van der Waals surface area (Å²) in [6.45, 7) is 2.18. The summed E-state index contributed by atoms with van der Waals surface area (Å²) in [4.78, 5) is 4.44. The summed E-state index contributed by atoms with van der Waals surface area (Å²) in [5.74, 6) is 4.96. The van der Waals surface area contributed by atoms with E-state index in [4.69, 9.17) is 17.5 Å². The molecule has 4 heteroatoms. The van der Waals surface area contributed by atoms with E-state index in [9.17, 15) is 5.11 Å². The van der Waals surface area contributed by atoms with Gasteiger partial charge in [0.1, 0.15) is 5.75 Å². The highest BCUT2D eigenvalue weighted by Gasteiger charge is 2.07. The Hall–Kier alpha value is -0.770. The topological polar surface area (TPSA) is 55.5 Å². The summed E-state index contributed by atoms with van der Waals surface area (Å²) in [5.41, 5.74) is 1.67. The average Bonchev–Trinajstić information content (AvgIpc) is 2.13. The molecule has 0 unspecified atom stereocenters. The van der Waals surface area contributed by atoms with Crippen molar-refractivity contribution in [3.63, 3.8) is 0 Å². The molecule has 0 heterocycles. The Morgan fingerprint density at radius 1 is 1.54 bits per heavy atom. The van der Waals surface area contributed by atoms with Crippen molar-refractivity contribution in [3.8, 4) is 5.75 Å². The van der Waals surface area contributed by atoms with Crippen LogP contribution >= 0.6 is 11.6 Å². The van der Waals surface area contributed by atoms with Crippen molar-refractivity contribution in [2.75, 3.05) is 0 Å². The second kappa shape index (κ2) is 4.46. The van der Waals surface area contributed by atoms with Crippen LogP contribution in [0.2, 0.25) is 5.02 Å². The zero-order chi connectivity index (χ0) is 9.84. The van der Waals surface area contributed by atoms with E-state index in [0.717, 1.165) is 12.0 Å². The maximum atomic E-state index is 9.48. The molecule has 0 aliphatic rings. The van der Waals surface area contributed by atoms with Gasteiger partial charge in [0, 0.05) is 5.56 Å². The first-order valence-corrected chi connectivity index (χ1v) is 4.38. The summed E-state index contributed by atoms with van der Waals surface area (Å²) in [6, 6.07) is 3.56. The van der Waals surface area contributed by atoms with Crippen LogP contribution in [0.4, 0.5) is 0 Å².